The highest BCUT2D eigenvalue weighted by molar-refractivity contribution is 6.35. The van der Waals surface area contributed by atoms with Crippen molar-refractivity contribution in [3.63, 3.8) is 0 Å². The van der Waals surface area contributed by atoms with Gasteiger partial charge in [-0.15, -0.1) is 0 Å². The van der Waals surface area contributed by atoms with E-state index in [0.29, 0.717) is 16.1 Å². The van der Waals surface area contributed by atoms with Crippen LogP contribution in [0.25, 0.3) is 10.8 Å². The molecule has 0 N–H and O–H groups in total. The molecule has 92 valence electrons. The van der Waals surface area contributed by atoms with Gasteiger partial charge >= 0.3 is 0 Å². The normalized spacial score (nSPS) is 10.6. The molecule has 0 aliphatic carbocycles. The maximum Gasteiger partial charge on any atom is 0.195 e. The molecule has 19 heavy (non-hydrogen) atoms. The molecule has 3 rings (SSSR count). The highest BCUT2D eigenvalue weighted by Gasteiger charge is 2.15. The Hall–Kier alpha value is -2.26. The molecule has 0 spiro atoms. The summed E-state index contributed by atoms with van der Waals surface area (Å²) in [7, 11) is 0. The van der Waals surface area contributed by atoms with E-state index in [1.165, 1.54) is 6.20 Å². The zero-order valence-corrected chi connectivity index (χ0v) is 10.6. The van der Waals surface area contributed by atoms with Crippen LogP contribution in [0.5, 0.6) is 0 Å². The lowest BCUT2D eigenvalue weighted by atomic mass is 9.99. The largest absolute Gasteiger partial charge is 0.289 e. The number of carbonyl (C=O) groups is 1. The van der Waals surface area contributed by atoms with Crippen LogP contribution >= 0.6 is 11.6 Å². The number of aromatic nitrogens is 2. The van der Waals surface area contributed by atoms with E-state index in [4.69, 9.17) is 11.6 Å². The van der Waals surface area contributed by atoms with Gasteiger partial charge in [0.05, 0.1) is 5.02 Å². The molecule has 0 aliphatic rings. The summed E-state index contributed by atoms with van der Waals surface area (Å²) in [5.41, 5.74) is 1.08. The van der Waals surface area contributed by atoms with Crippen LogP contribution in [0.4, 0.5) is 0 Å². The summed E-state index contributed by atoms with van der Waals surface area (Å²) in [6.45, 7) is 0. The van der Waals surface area contributed by atoms with Crippen LogP contribution in [0.1, 0.15) is 15.9 Å². The average Bonchev–Trinajstić information content (AvgIpc) is 2.46. The zero-order chi connectivity index (χ0) is 13.2. The molecule has 0 fully saturated rings. The Morgan fingerprint density at radius 1 is 0.947 bits per heavy atom. The van der Waals surface area contributed by atoms with Gasteiger partial charge in [0.15, 0.2) is 5.78 Å². The van der Waals surface area contributed by atoms with Crippen molar-refractivity contribution >= 4 is 28.2 Å². The molecule has 0 unspecified atom stereocenters. The molecule has 0 aliphatic heterocycles. The predicted octanol–water partition coefficient (Wildman–Crippen LogP) is 3.51. The summed E-state index contributed by atoms with van der Waals surface area (Å²) in [5.74, 6) is -0.107. The van der Waals surface area contributed by atoms with Gasteiger partial charge < -0.3 is 0 Å². The zero-order valence-electron chi connectivity index (χ0n) is 9.88. The molecular formula is C15H9ClN2O. The first kappa shape index (κ1) is 11.8. The topological polar surface area (TPSA) is 42.9 Å². The molecule has 0 saturated carbocycles. The van der Waals surface area contributed by atoms with Crippen molar-refractivity contribution in [3.8, 4) is 0 Å². The summed E-state index contributed by atoms with van der Waals surface area (Å²) in [5, 5.41) is 2.16. The van der Waals surface area contributed by atoms with E-state index in [-0.39, 0.29) is 5.78 Å². The second-order valence-electron chi connectivity index (χ2n) is 4.09. The number of hydrogen-bond donors (Lipinski definition) is 0. The third kappa shape index (κ3) is 2.09. The minimum absolute atomic E-state index is 0.107. The molecule has 2 aromatic heterocycles. The fourth-order valence-corrected chi connectivity index (χ4v) is 2.23. The molecule has 1 aromatic carbocycles. The highest BCUT2D eigenvalue weighted by atomic mass is 35.5. The van der Waals surface area contributed by atoms with Gasteiger partial charge in [-0.05, 0) is 17.5 Å². The van der Waals surface area contributed by atoms with E-state index in [1.807, 2.05) is 18.2 Å². The SMILES string of the molecule is O=C(c1ccncc1Cl)c1cccc2cnccc12. The van der Waals surface area contributed by atoms with Gasteiger partial charge in [0.2, 0.25) is 0 Å². The van der Waals surface area contributed by atoms with Crippen molar-refractivity contribution in [1.82, 2.24) is 9.97 Å². The van der Waals surface area contributed by atoms with Crippen molar-refractivity contribution in [2.24, 2.45) is 0 Å². The van der Waals surface area contributed by atoms with Gasteiger partial charge in [-0.2, -0.15) is 0 Å². The Morgan fingerprint density at radius 2 is 1.74 bits per heavy atom. The fourth-order valence-electron chi connectivity index (χ4n) is 2.02. The first-order valence-corrected chi connectivity index (χ1v) is 6.12. The van der Waals surface area contributed by atoms with Gasteiger partial charge in [0, 0.05) is 41.3 Å². The quantitative estimate of drug-likeness (QED) is 0.668. The lowest BCUT2D eigenvalue weighted by molar-refractivity contribution is 0.104. The van der Waals surface area contributed by atoms with Gasteiger partial charge in [-0.1, -0.05) is 29.8 Å². The highest BCUT2D eigenvalue weighted by Crippen LogP contribution is 2.23. The molecule has 0 bridgehead atoms. The smallest absolute Gasteiger partial charge is 0.195 e. The number of carbonyl (C=O) groups excluding carboxylic acids is 1. The number of ketones is 1. The number of rotatable bonds is 2. The minimum atomic E-state index is -0.107. The first-order chi connectivity index (χ1) is 9.27. The summed E-state index contributed by atoms with van der Waals surface area (Å²) in [4.78, 5) is 20.5. The Labute approximate surface area is 114 Å². The molecule has 0 atom stereocenters. The number of benzene rings is 1. The van der Waals surface area contributed by atoms with Crippen LogP contribution in [-0.4, -0.2) is 15.8 Å². The Bertz CT molecular complexity index is 765. The van der Waals surface area contributed by atoms with E-state index in [1.54, 1.807) is 30.7 Å². The van der Waals surface area contributed by atoms with E-state index in [9.17, 15) is 4.79 Å². The third-order valence-corrected chi connectivity index (χ3v) is 3.24. The molecule has 2 heterocycles. The number of pyridine rings is 2. The van der Waals surface area contributed by atoms with Crippen molar-refractivity contribution in [2.45, 2.75) is 0 Å². The maximum absolute atomic E-state index is 12.5. The summed E-state index contributed by atoms with van der Waals surface area (Å²) >= 11 is 6.02. The second-order valence-corrected chi connectivity index (χ2v) is 4.49. The van der Waals surface area contributed by atoms with Crippen molar-refractivity contribution in [3.05, 3.63) is 71.3 Å². The maximum atomic E-state index is 12.5. The van der Waals surface area contributed by atoms with Gasteiger partial charge in [-0.3, -0.25) is 14.8 Å². The van der Waals surface area contributed by atoms with Gasteiger partial charge in [-0.25, -0.2) is 0 Å². The molecule has 0 amide bonds. The van der Waals surface area contributed by atoms with E-state index >= 15 is 0 Å². The monoisotopic (exact) mass is 268 g/mol. The van der Waals surface area contributed by atoms with E-state index < -0.39 is 0 Å². The lowest BCUT2D eigenvalue weighted by Gasteiger charge is -2.06. The molecule has 4 heteroatoms. The summed E-state index contributed by atoms with van der Waals surface area (Å²) in [6.07, 6.45) is 6.45. The number of hydrogen-bond acceptors (Lipinski definition) is 3. The minimum Gasteiger partial charge on any atom is -0.289 e. The Kier molecular flexibility index (Phi) is 2.97. The molecule has 3 nitrogen and oxygen atoms in total. The molecular weight excluding hydrogens is 260 g/mol. The van der Waals surface area contributed by atoms with Crippen LogP contribution in [0.15, 0.2) is 55.1 Å². The molecule has 3 aromatic rings. The molecule has 0 radical (unpaired) electrons. The standard InChI is InChI=1S/C15H9ClN2O/c16-14-9-18-7-5-13(14)15(19)12-3-1-2-10-8-17-6-4-11(10)12/h1-9H. The van der Waals surface area contributed by atoms with Gasteiger partial charge in [0.1, 0.15) is 0 Å². The van der Waals surface area contributed by atoms with Crippen LogP contribution in [0, 0.1) is 0 Å². The van der Waals surface area contributed by atoms with Crippen LogP contribution in [-0.2, 0) is 0 Å². The number of nitrogens with zero attached hydrogens (tertiary/aromatic N) is 2. The third-order valence-electron chi connectivity index (χ3n) is 2.94. The molecule has 0 saturated heterocycles. The fraction of sp³-hybridized carbons (Fsp3) is 0. The predicted molar refractivity (Wildman–Crippen MR) is 74.4 cm³/mol. The second kappa shape index (κ2) is 4.78. The van der Waals surface area contributed by atoms with E-state index in [2.05, 4.69) is 9.97 Å². The number of halogens is 1. The Balaban J connectivity index is 2.20. The Morgan fingerprint density at radius 3 is 2.58 bits per heavy atom. The van der Waals surface area contributed by atoms with Crippen molar-refractivity contribution in [1.29, 1.82) is 0 Å². The van der Waals surface area contributed by atoms with Gasteiger partial charge in [0.25, 0.3) is 0 Å². The summed E-state index contributed by atoms with van der Waals surface area (Å²) in [6, 6.07) is 9.02. The first-order valence-electron chi connectivity index (χ1n) is 5.74. The van der Waals surface area contributed by atoms with Crippen LogP contribution in [0.3, 0.4) is 0 Å². The average molecular weight is 269 g/mol. The van der Waals surface area contributed by atoms with Crippen LogP contribution < -0.4 is 0 Å². The van der Waals surface area contributed by atoms with Crippen molar-refractivity contribution in [2.75, 3.05) is 0 Å². The lowest BCUT2D eigenvalue weighted by Crippen LogP contribution is -2.03. The van der Waals surface area contributed by atoms with Crippen LogP contribution in [0.2, 0.25) is 5.02 Å². The van der Waals surface area contributed by atoms with E-state index in [0.717, 1.165) is 10.8 Å². The summed E-state index contributed by atoms with van der Waals surface area (Å²) < 4.78 is 0. The van der Waals surface area contributed by atoms with Crippen molar-refractivity contribution < 1.29 is 4.79 Å². The number of fused-ring (bicyclic) bond motifs is 1.